The zero-order valence-electron chi connectivity index (χ0n) is 9.77. The predicted molar refractivity (Wildman–Crippen MR) is 60.9 cm³/mol. The fraction of sp³-hybridized carbons (Fsp3) is 0.455. The van der Waals surface area contributed by atoms with Gasteiger partial charge in [0.25, 0.3) is 0 Å². The summed E-state index contributed by atoms with van der Waals surface area (Å²) in [4.78, 5) is 0. The molecule has 0 unspecified atom stereocenters. The van der Waals surface area contributed by atoms with Crippen LogP contribution in [0.2, 0.25) is 0 Å². The van der Waals surface area contributed by atoms with Crippen LogP contribution in [-0.4, -0.2) is 0 Å². The monoisotopic (exact) mass is 307 g/mol. The first-order valence-corrected chi connectivity index (χ1v) is 5.11. The molecule has 1 nitrogen and oxygen atoms in total. The van der Waals surface area contributed by atoms with Gasteiger partial charge >= 0.3 is 12.4 Å². The summed E-state index contributed by atoms with van der Waals surface area (Å²) >= 11 is 0. The van der Waals surface area contributed by atoms with E-state index in [0.717, 1.165) is 0 Å². The van der Waals surface area contributed by atoms with Crippen molar-refractivity contribution in [3.05, 3.63) is 34.9 Å². The minimum absolute atomic E-state index is 0. The molecule has 0 aromatic heterocycles. The largest absolute Gasteiger partial charge is 0.416 e. The summed E-state index contributed by atoms with van der Waals surface area (Å²) in [6, 6.07) is 0.225. The lowest BCUT2D eigenvalue weighted by atomic mass is 9.96. The molecule has 0 saturated heterocycles. The van der Waals surface area contributed by atoms with E-state index in [1.807, 2.05) is 0 Å². The van der Waals surface area contributed by atoms with Crippen molar-refractivity contribution in [3.8, 4) is 0 Å². The van der Waals surface area contributed by atoms with Gasteiger partial charge in [0.05, 0.1) is 11.1 Å². The second-order valence-corrected chi connectivity index (χ2v) is 3.81. The highest BCUT2D eigenvalue weighted by Gasteiger charge is 2.37. The van der Waals surface area contributed by atoms with Crippen LogP contribution >= 0.6 is 12.4 Å². The zero-order chi connectivity index (χ0) is 14.1. The van der Waals surface area contributed by atoms with E-state index in [1.165, 1.54) is 6.92 Å². The highest BCUT2D eigenvalue weighted by Crippen LogP contribution is 2.38. The van der Waals surface area contributed by atoms with E-state index in [0.29, 0.717) is 18.2 Å². The van der Waals surface area contributed by atoms with Crippen LogP contribution in [0, 0.1) is 0 Å². The van der Waals surface area contributed by atoms with Crippen LogP contribution in [0.5, 0.6) is 0 Å². The van der Waals surface area contributed by atoms with Crippen molar-refractivity contribution in [1.82, 2.24) is 0 Å². The first-order chi connectivity index (χ1) is 8.07. The molecule has 0 heterocycles. The van der Waals surface area contributed by atoms with E-state index in [4.69, 9.17) is 5.73 Å². The van der Waals surface area contributed by atoms with E-state index < -0.39 is 35.1 Å². The van der Waals surface area contributed by atoms with Crippen molar-refractivity contribution in [3.63, 3.8) is 0 Å². The van der Waals surface area contributed by atoms with Crippen molar-refractivity contribution in [1.29, 1.82) is 0 Å². The van der Waals surface area contributed by atoms with Crippen LogP contribution in [0.25, 0.3) is 0 Å². The maximum atomic E-state index is 12.6. The van der Waals surface area contributed by atoms with Gasteiger partial charge in [-0.3, -0.25) is 0 Å². The standard InChI is InChI=1S/C11H11F6N.ClH/c1-2-9(18)7-5-6(10(12,13)14)3-4-8(7)11(15,16)17;/h3-5,9H,2,18H2,1H3;1H/t9-;/m1./s1. The fourth-order valence-electron chi connectivity index (χ4n) is 1.52. The van der Waals surface area contributed by atoms with Gasteiger partial charge in [-0.1, -0.05) is 6.92 Å². The maximum Gasteiger partial charge on any atom is 0.416 e. The fourth-order valence-corrected chi connectivity index (χ4v) is 1.52. The van der Waals surface area contributed by atoms with Crippen LogP contribution in [0.15, 0.2) is 18.2 Å². The van der Waals surface area contributed by atoms with Crippen LogP contribution in [0.3, 0.4) is 0 Å². The molecule has 0 radical (unpaired) electrons. The van der Waals surface area contributed by atoms with Crippen LogP contribution < -0.4 is 5.73 Å². The molecule has 0 fully saturated rings. The number of halogens is 7. The summed E-state index contributed by atoms with van der Waals surface area (Å²) < 4.78 is 75.2. The molecule has 0 saturated carbocycles. The first-order valence-electron chi connectivity index (χ1n) is 5.11. The zero-order valence-corrected chi connectivity index (χ0v) is 10.6. The van der Waals surface area contributed by atoms with Crippen LogP contribution in [-0.2, 0) is 12.4 Å². The SMILES string of the molecule is CC[C@@H](N)c1cc(C(F)(F)F)ccc1C(F)(F)F.Cl. The van der Waals surface area contributed by atoms with Gasteiger partial charge in [-0.25, -0.2) is 0 Å². The third kappa shape index (κ3) is 4.28. The van der Waals surface area contributed by atoms with E-state index in [9.17, 15) is 26.3 Å². The van der Waals surface area contributed by atoms with Crippen molar-refractivity contribution in [2.24, 2.45) is 5.73 Å². The molecule has 0 aliphatic rings. The summed E-state index contributed by atoms with van der Waals surface area (Å²) in [5.41, 5.74) is 2.66. The Balaban J connectivity index is 0.00000324. The van der Waals surface area contributed by atoms with E-state index in [-0.39, 0.29) is 18.8 Å². The first kappa shape index (κ1) is 18.0. The Morgan fingerprint density at radius 3 is 1.95 bits per heavy atom. The van der Waals surface area contributed by atoms with E-state index in [1.54, 1.807) is 0 Å². The molecule has 110 valence electrons. The third-order valence-electron chi connectivity index (χ3n) is 2.52. The van der Waals surface area contributed by atoms with Gasteiger partial charge in [0.2, 0.25) is 0 Å². The smallest absolute Gasteiger partial charge is 0.324 e. The second-order valence-electron chi connectivity index (χ2n) is 3.81. The average Bonchev–Trinajstić information content (AvgIpc) is 2.24. The Kier molecular flexibility index (Phi) is 5.70. The van der Waals surface area contributed by atoms with Crippen LogP contribution in [0.1, 0.15) is 36.1 Å². The van der Waals surface area contributed by atoms with E-state index >= 15 is 0 Å². The topological polar surface area (TPSA) is 26.0 Å². The highest BCUT2D eigenvalue weighted by atomic mass is 35.5. The summed E-state index contributed by atoms with van der Waals surface area (Å²) in [6.07, 6.45) is -9.29. The van der Waals surface area contributed by atoms with Gasteiger partial charge in [-0.15, -0.1) is 12.4 Å². The molecule has 2 N–H and O–H groups in total. The van der Waals surface area contributed by atoms with Crippen molar-refractivity contribution < 1.29 is 26.3 Å². The normalized spacial score (nSPS) is 13.9. The number of rotatable bonds is 2. The Bertz CT molecular complexity index is 426. The Morgan fingerprint density at radius 1 is 1.05 bits per heavy atom. The minimum Gasteiger partial charge on any atom is -0.324 e. The average molecular weight is 308 g/mol. The molecule has 0 aliphatic carbocycles. The lowest BCUT2D eigenvalue weighted by Crippen LogP contribution is -2.18. The summed E-state index contributed by atoms with van der Waals surface area (Å²) in [7, 11) is 0. The molecule has 1 atom stereocenters. The molecule has 0 spiro atoms. The van der Waals surface area contributed by atoms with Crippen LogP contribution in [0.4, 0.5) is 26.3 Å². The molecule has 8 heteroatoms. The molecule has 0 amide bonds. The maximum absolute atomic E-state index is 12.6. The number of hydrogen-bond donors (Lipinski definition) is 1. The molecule has 1 aromatic carbocycles. The van der Waals surface area contributed by atoms with Gasteiger partial charge in [0.15, 0.2) is 0 Å². The molecule has 0 bridgehead atoms. The highest BCUT2D eigenvalue weighted by molar-refractivity contribution is 5.85. The lowest BCUT2D eigenvalue weighted by Gasteiger charge is -2.19. The Labute approximate surface area is 112 Å². The molecule has 1 rings (SSSR count). The third-order valence-corrected chi connectivity index (χ3v) is 2.52. The molecule has 0 aliphatic heterocycles. The predicted octanol–water partition coefficient (Wildman–Crippen LogP) is 4.56. The number of benzene rings is 1. The van der Waals surface area contributed by atoms with Crippen molar-refractivity contribution in [2.75, 3.05) is 0 Å². The molecule has 19 heavy (non-hydrogen) atoms. The van der Waals surface area contributed by atoms with Gasteiger partial charge < -0.3 is 5.73 Å². The summed E-state index contributed by atoms with van der Waals surface area (Å²) in [5, 5.41) is 0. The summed E-state index contributed by atoms with van der Waals surface area (Å²) in [5.74, 6) is 0. The second kappa shape index (κ2) is 6.00. The quantitative estimate of drug-likeness (QED) is 0.797. The minimum atomic E-state index is -4.72. The molecule has 1 aromatic rings. The molecular formula is C11H12ClF6N. The Hall–Kier alpha value is -0.950. The Morgan fingerprint density at radius 2 is 1.58 bits per heavy atom. The van der Waals surface area contributed by atoms with Gasteiger partial charge in [-0.2, -0.15) is 26.3 Å². The van der Waals surface area contributed by atoms with Crippen molar-refractivity contribution >= 4 is 12.4 Å². The lowest BCUT2D eigenvalue weighted by molar-refractivity contribution is -0.142. The molecular weight excluding hydrogens is 296 g/mol. The van der Waals surface area contributed by atoms with E-state index in [2.05, 4.69) is 0 Å². The van der Waals surface area contributed by atoms with Gasteiger partial charge in [0, 0.05) is 6.04 Å². The van der Waals surface area contributed by atoms with Gasteiger partial charge in [-0.05, 0) is 30.2 Å². The van der Waals surface area contributed by atoms with Gasteiger partial charge in [0.1, 0.15) is 0 Å². The summed E-state index contributed by atoms with van der Waals surface area (Å²) in [6.45, 7) is 1.51. The number of nitrogens with two attached hydrogens (primary N) is 1. The van der Waals surface area contributed by atoms with Crippen molar-refractivity contribution in [2.45, 2.75) is 31.7 Å². The number of alkyl halides is 6. The number of hydrogen-bond acceptors (Lipinski definition) is 1.